The molecule has 3 rings (SSSR count). The van der Waals surface area contributed by atoms with Crippen LogP contribution in [0.4, 0.5) is 0 Å². The van der Waals surface area contributed by atoms with Gasteiger partial charge in [-0.25, -0.2) is 0 Å². The average Bonchev–Trinajstić information content (AvgIpc) is 3.04. The first-order valence-electron chi connectivity index (χ1n) is 9.39. The number of allylic oxidation sites excluding steroid dienone is 1. The van der Waals surface area contributed by atoms with Gasteiger partial charge in [0.2, 0.25) is 0 Å². The Kier molecular flexibility index (Phi) is 7.54. The van der Waals surface area contributed by atoms with E-state index in [0.29, 0.717) is 40.4 Å². The molecule has 0 radical (unpaired) electrons. The lowest BCUT2D eigenvalue weighted by atomic mass is 10.0. The van der Waals surface area contributed by atoms with Gasteiger partial charge in [-0.3, -0.25) is 4.79 Å². The van der Waals surface area contributed by atoms with Gasteiger partial charge in [0.25, 0.3) is 5.91 Å². The molecule has 0 bridgehead atoms. The fraction of sp³-hybridized carbons (Fsp3) is 0.217. The fourth-order valence-electron chi connectivity index (χ4n) is 2.90. The van der Waals surface area contributed by atoms with Crippen LogP contribution in [0.2, 0.25) is 0 Å². The average molecular weight is 442 g/mol. The largest absolute Gasteiger partial charge is 0.493 e. The number of rotatable bonds is 9. The van der Waals surface area contributed by atoms with Crippen LogP contribution in [0.3, 0.4) is 0 Å². The number of hydrogen-bond acceptors (Lipinski definition) is 6. The third kappa shape index (κ3) is 5.64. The molecule has 0 aromatic heterocycles. The van der Waals surface area contributed by atoms with Crippen LogP contribution in [0.5, 0.6) is 17.2 Å². The van der Waals surface area contributed by atoms with E-state index < -0.39 is 0 Å². The summed E-state index contributed by atoms with van der Waals surface area (Å²) in [6, 6.07) is 11.7. The molecule has 2 aromatic rings. The van der Waals surface area contributed by atoms with Gasteiger partial charge >= 0.3 is 0 Å². The van der Waals surface area contributed by atoms with Crippen molar-refractivity contribution < 1.29 is 19.0 Å². The molecule has 1 amide bonds. The Morgan fingerprint density at radius 3 is 2.53 bits per heavy atom. The summed E-state index contributed by atoms with van der Waals surface area (Å²) in [7, 11) is 1.59. The molecule has 30 heavy (non-hydrogen) atoms. The van der Waals surface area contributed by atoms with E-state index in [0.717, 1.165) is 16.9 Å². The summed E-state index contributed by atoms with van der Waals surface area (Å²) >= 11 is 6.29. The Hall–Kier alpha value is -2.77. The first-order chi connectivity index (χ1) is 14.5. The molecule has 1 saturated heterocycles. The maximum atomic E-state index is 12.0. The van der Waals surface area contributed by atoms with Crippen molar-refractivity contribution in [2.45, 2.75) is 13.3 Å². The summed E-state index contributed by atoms with van der Waals surface area (Å²) < 4.78 is 17.7. The fourth-order valence-corrected chi connectivity index (χ4v) is 3.94. The zero-order chi connectivity index (χ0) is 21.5. The Morgan fingerprint density at radius 1 is 1.17 bits per heavy atom. The van der Waals surface area contributed by atoms with Crippen LogP contribution >= 0.6 is 24.0 Å². The highest BCUT2D eigenvalue weighted by atomic mass is 32.2. The van der Waals surface area contributed by atoms with Gasteiger partial charge in [0, 0.05) is 5.56 Å². The molecule has 0 saturated carbocycles. The molecule has 0 unspecified atom stereocenters. The Balaban J connectivity index is 1.75. The Labute approximate surface area is 186 Å². The molecule has 5 nitrogen and oxygen atoms in total. The lowest BCUT2D eigenvalue weighted by Gasteiger charge is -2.16. The van der Waals surface area contributed by atoms with Crippen LogP contribution < -0.4 is 19.5 Å². The van der Waals surface area contributed by atoms with E-state index in [1.54, 1.807) is 19.3 Å². The zero-order valence-electron chi connectivity index (χ0n) is 16.9. The lowest BCUT2D eigenvalue weighted by Crippen LogP contribution is -2.17. The molecule has 156 valence electrons. The minimum Gasteiger partial charge on any atom is -0.493 e. The van der Waals surface area contributed by atoms with Gasteiger partial charge in [-0.15, -0.1) is 6.58 Å². The predicted molar refractivity (Wildman–Crippen MR) is 125 cm³/mol. The molecule has 2 aromatic carbocycles. The van der Waals surface area contributed by atoms with E-state index in [2.05, 4.69) is 11.9 Å². The third-order valence-corrected chi connectivity index (χ3v) is 5.46. The number of methoxy groups -OCH3 is 1. The molecule has 0 spiro atoms. The Morgan fingerprint density at radius 2 is 1.90 bits per heavy atom. The van der Waals surface area contributed by atoms with E-state index in [1.165, 1.54) is 17.3 Å². The maximum absolute atomic E-state index is 12.0. The van der Waals surface area contributed by atoms with E-state index in [9.17, 15) is 4.79 Å². The molecule has 0 atom stereocenters. The van der Waals surface area contributed by atoms with Crippen molar-refractivity contribution in [3.05, 3.63) is 70.6 Å². The van der Waals surface area contributed by atoms with Gasteiger partial charge in [0.15, 0.2) is 11.5 Å². The molecule has 7 heteroatoms. The second-order valence-electron chi connectivity index (χ2n) is 6.57. The molecular formula is C23H23NO4S2. The van der Waals surface area contributed by atoms with Crippen molar-refractivity contribution in [1.29, 1.82) is 0 Å². The van der Waals surface area contributed by atoms with E-state index in [4.69, 9.17) is 26.4 Å². The number of aryl methyl sites for hydroxylation is 1. The van der Waals surface area contributed by atoms with E-state index in [1.807, 2.05) is 43.3 Å². The molecular weight excluding hydrogens is 418 g/mol. The summed E-state index contributed by atoms with van der Waals surface area (Å²) in [6.07, 6.45) is 4.19. The van der Waals surface area contributed by atoms with Gasteiger partial charge in [-0.2, -0.15) is 0 Å². The number of amides is 1. The topological polar surface area (TPSA) is 56.8 Å². The highest BCUT2D eigenvalue weighted by Gasteiger charge is 2.22. The van der Waals surface area contributed by atoms with Crippen molar-refractivity contribution in [3.8, 4) is 17.2 Å². The monoisotopic (exact) mass is 441 g/mol. The van der Waals surface area contributed by atoms with Crippen LogP contribution in [0, 0.1) is 6.92 Å². The minimum absolute atomic E-state index is 0.192. The van der Waals surface area contributed by atoms with Crippen LogP contribution in [-0.4, -0.2) is 30.6 Å². The molecule has 1 heterocycles. The first kappa shape index (κ1) is 21.9. The van der Waals surface area contributed by atoms with Crippen molar-refractivity contribution in [2.75, 3.05) is 20.3 Å². The number of benzene rings is 2. The quantitative estimate of drug-likeness (QED) is 0.264. The van der Waals surface area contributed by atoms with E-state index >= 15 is 0 Å². The van der Waals surface area contributed by atoms with Gasteiger partial charge in [-0.1, -0.05) is 47.8 Å². The third-order valence-electron chi connectivity index (χ3n) is 4.30. The van der Waals surface area contributed by atoms with Crippen LogP contribution in [0.25, 0.3) is 6.08 Å². The van der Waals surface area contributed by atoms with Crippen molar-refractivity contribution >= 4 is 40.3 Å². The predicted octanol–water partition coefficient (Wildman–Crippen LogP) is 4.68. The SMILES string of the molecule is C=CCc1cc(C=C2SC(=S)NC2=O)cc(OC)c1OCCOc1ccc(C)cc1. The van der Waals surface area contributed by atoms with Crippen molar-refractivity contribution in [3.63, 3.8) is 0 Å². The van der Waals surface area contributed by atoms with Crippen LogP contribution in [0.15, 0.2) is 54.0 Å². The Bertz CT molecular complexity index is 983. The van der Waals surface area contributed by atoms with Crippen LogP contribution in [-0.2, 0) is 11.2 Å². The number of ether oxygens (including phenoxy) is 3. The number of nitrogens with one attached hydrogen (secondary N) is 1. The molecule has 1 aliphatic heterocycles. The molecule has 0 aliphatic carbocycles. The lowest BCUT2D eigenvalue weighted by molar-refractivity contribution is -0.115. The summed E-state index contributed by atoms with van der Waals surface area (Å²) in [5.41, 5.74) is 2.93. The van der Waals surface area contributed by atoms with Crippen LogP contribution in [0.1, 0.15) is 16.7 Å². The molecule has 1 N–H and O–H groups in total. The summed E-state index contributed by atoms with van der Waals surface area (Å²) in [4.78, 5) is 12.5. The maximum Gasteiger partial charge on any atom is 0.263 e. The summed E-state index contributed by atoms with van der Waals surface area (Å²) in [5, 5.41) is 2.62. The number of carbonyl (C=O) groups is 1. The van der Waals surface area contributed by atoms with Gasteiger partial charge < -0.3 is 19.5 Å². The highest BCUT2D eigenvalue weighted by molar-refractivity contribution is 8.26. The van der Waals surface area contributed by atoms with Gasteiger partial charge in [0.1, 0.15) is 23.3 Å². The van der Waals surface area contributed by atoms with Gasteiger partial charge in [0.05, 0.1) is 12.0 Å². The first-order valence-corrected chi connectivity index (χ1v) is 10.6. The van der Waals surface area contributed by atoms with E-state index in [-0.39, 0.29) is 5.91 Å². The van der Waals surface area contributed by atoms with Crippen molar-refractivity contribution in [1.82, 2.24) is 5.32 Å². The standard InChI is InChI=1S/C23H23NO4S2/c1-4-5-17-12-16(14-20-22(25)24-23(29)30-20)13-19(26-3)21(17)28-11-10-27-18-8-6-15(2)7-9-18/h4,6-9,12-14H,1,5,10-11H2,2-3H3,(H,24,25,29). The molecule has 1 aliphatic rings. The summed E-state index contributed by atoms with van der Waals surface area (Å²) in [6.45, 7) is 6.63. The number of carbonyl (C=O) groups excluding carboxylic acids is 1. The second-order valence-corrected chi connectivity index (χ2v) is 8.29. The number of hydrogen-bond donors (Lipinski definition) is 1. The zero-order valence-corrected chi connectivity index (χ0v) is 18.5. The minimum atomic E-state index is -0.192. The normalized spacial score (nSPS) is 14.5. The number of thiocarbonyl (C=S) groups is 1. The molecule has 1 fully saturated rings. The number of thioether (sulfide) groups is 1. The second kappa shape index (κ2) is 10.3. The van der Waals surface area contributed by atoms with Gasteiger partial charge in [-0.05, 0) is 49.2 Å². The highest BCUT2D eigenvalue weighted by Crippen LogP contribution is 2.35. The smallest absolute Gasteiger partial charge is 0.263 e. The van der Waals surface area contributed by atoms with Crippen molar-refractivity contribution in [2.24, 2.45) is 0 Å². The summed E-state index contributed by atoms with van der Waals surface area (Å²) in [5.74, 6) is 1.84.